The third-order valence-corrected chi connectivity index (χ3v) is 2.78. The van der Waals surface area contributed by atoms with E-state index in [-0.39, 0.29) is 23.5 Å². The maximum absolute atomic E-state index is 13.0. The van der Waals surface area contributed by atoms with Crippen LogP contribution in [-0.2, 0) is 6.54 Å². The molecule has 0 heterocycles. The summed E-state index contributed by atoms with van der Waals surface area (Å²) in [6, 6.07) is 9.04. The molecule has 7 nitrogen and oxygen atoms in total. The Morgan fingerprint density at radius 2 is 1.81 bits per heavy atom. The van der Waals surface area contributed by atoms with E-state index < -0.39 is 15.7 Å². The molecule has 1 N–H and O–H groups in total. The zero-order valence-corrected chi connectivity index (χ0v) is 10.7. The molecule has 0 atom stereocenters. The number of nitrogens with one attached hydrogen (secondary N) is 1. The van der Waals surface area contributed by atoms with Gasteiger partial charge in [-0.2, -0.15) is 0 Å². The summed E-state index contributed by atoms with van der Waals surface area (Å²) in [5.41, 5.74) is 0.0295. The van der Waals surface area contributed by atoms with Crippen molar-refractivity contribution in [2.75, 3.05) is 5.32 Å². The molecule has 2 aromatic carbocycles. The van der Waals surface area contributed by atoms with Crippen molar-refractivity contribution in [1.82, 2.24) is 0 Å². The number of nitro benzene ring substituents is 2. The lowest BCUT2D eigenvalue weighted by molar-refractivity contribution is -0.394. The number of rotatable bonds is 5. The van der Waals surface area contributed by atoms with E-state index in [1.54, 1.807) is 6.07 Å². The first-order valence-electron chi connectivity index (χ1n) is 5.88. The largest absolute Gasteiger partial charge is 0.381 e. The number of nitro groups is 2. The van der Waals surface area contributed by atoms with Gasteiger partial charge in [-0.05, 0) is 24.3 Å². The second-order valence-electron chi connectivity index (χ2n) is 4.19. The third-order valence-electron chi connectivity index (χ3n) is 2.78. The molecule has 8 heteroatoms. The van der Waals surface area contributed by atoms with Gasteiger partial charge in [0.25, 0.3) is 11.4 Å². The molecule has 0 saturated heterocycles. The van der Waals surface area contributed by atoms with E-state index >= 15 is 0 Å². The van der Waals surface area contributed by atoms with Crippen LogP contribution in [0.4, 0.5) is 21.5 Å². The lowest BCUT2D eigenvalue weighted by atomic mass is 10.1. The van der Waals surface area contributed by atoms with E-state index in [0.29, 0.717) is 5.69 Å². The average molecular weight is 291 g/mol. The fraction of sp³-hybridized carbons (Fsp3) is 0.0769. The summed E-state index contributed by atoms with van der Waals surface area (Å²) in [6.07, 6.45) is 0. The molecular weight excluding hydrogens is 281 g/mol. The van der Waals surface area contributed by atoms with Crippen molar-refractivity contribution in [1.29, 1.82) is 0 Å². The second kappa shape index (κ2) is 5.95. The highest BCUT2D eigenvalue weighted by atomic mass is 19.1. The minimum absolute atomic E-state index is 0.0533. The summed E-state index contributed by atoms with van der Waals surface area (Å²) in [4.78, 5) is 20.2. The molecule has 0 aliphatic rings. The zero-order chi connectivity index (χ0) is 15.4. The summed E-state index contributed by atoms with van der Waals surface area (Å²) < 4.78 is 13.0. The molecule has 0 unspecified atom stereocenters. The Labute approximate surface area is 118 Å². The van der Waals surface area contributed by atoms with Gasteiger partial charge in [-0.3, -0.25) is 20.2 Å². The van der Waals surface area contributed by atoms with Gasteiger partial charge in [0.2, 0.25) is 0 Å². The predicted octanol–water partition coefficient (Wildman–Crippen LogP) is 3.25. The molecule has 2 rings (SSSR count). The Morgan fingerprint density at radius 1 is 1.05 bits per heavy atom. The molecule has 21 heavy (non-hydrogen) atoms. The van der Waals surface area contributed by atoms with Crippen LogP contribution in [-0.4, -0.2) is 9.85 Å². The molecule has 0 amide bonds. The van der Waals surface area contributed by atoms with Crippen LogP contribution in [0.15, 0.2) is 42.5 Å². The highest BCUT2D eigenvalue weighted by molar-refractivity contribution is 5.51. The first kappa shape index (κ1) is 14.4. The van der Waals surface area contributed by atoms with E-state index in [1.165, 1.54) is 30.3 Å². The number of non-ortho nitro benzene ring substituents is 1. The van der Waals surface area contributed by atoms with E-state index in [1.807, 2.05) is 0 Å². The molecule has 0 fully saturated rings. The summed E-state index contributed by atoms with van der Waals surface area (Å²) in [6.45, 7) is 0.0533. The van der Waals surface area contributed by atoms with Crippen molar-refractivity contribution in [3.8, 4) is 0 Å². The van der Waals surface area contributed by atoms with E-state index in [9.17, 15) is 24.6 Å². The normalized spacial score (nSPS) is 10.1. The molecule has 0 aliphatic carbocycles. The molecule has 0 saturated carbocycles. The van der Waals surface area contributed by atoms with Crippen molar-refractivity contribution in [3.63, 3.8) is 0 Å². The Hall–Kier alpha value is -3.03. The highest BCUT2D eigenvalue weighted by Crippen LogP contribution is 2.25. The number of halogens is 1. The van der Waals surface area contributed by atoms with E-state index in [0.717, 1.165) is 6.07 Å². The Bertz CT molecular complexity index is 706. The van der Waals surface area contributed by atoms with Gasteiger partial charge in [0, 0.05) is 23.9 Å². The Morgan fingerprint density at radius 3 is 2.43 bits per heavy atom. The zero-order valence-electron chi connectivity index (χ0n) is 10.7. The first-order chi connectivity index (χ1) is 9.97. The van der Waals surface area contributed by atoms with Crippen molar-refractivity contribution in [2.24, 2.45) is 0 Å². The number of nitrogens with zero attached hydrogens (tertiary/aromatic N) is 2. The second-order valence-corrected chi connectivity index (χ2v) is 4.19. The quantitative estimate of drug-likeness (QED) is 0.673. The maximum atomic E-state index is 13.0. The molecule has 0 spiro atoms. The fourth-order valence-corrected chi connectivity index (χ4v) is 1.78. The van der Waals surface area contributed by atoms with Crippen LogP contribution in [0.2, 0.25) is 0 Å². The average Bonchev–Trinajstić information content (AvgIpc) is 2.44. The smallest absolute Gasteiger partial charge is 0.281 e. The summed E-state index contributed by atoms with van der Waals surface area (Å²) in [5.74, 6) is -0.432. The van der Waals surface area contributed by atoms with Crippen LogP contribution in [0.3, 0.4) is 0 Å². The lowest BCUT2D eigenvalue weighted by Gasteiger charge is -2.07. The summed E-state index contributed by atoms with van der Waals surface area (Å²) in [7, 11) is 0. The fourth-order valence-electron chi connectivity index (χ4n) is 1.78. The Balaban J connectivity index is 2.23. The van der Waals surface area contributed by atoms with Crippen LogP contribution < -0.4 is 5.32 Å². The summed E-state index contributed by atoms with van der Waals surface area (Å²) in [5, 5.41) is 24.4. The van der Waals surface area contributed by atoms with Gasteiger partial charge in [-0.15, -0.1) is 0 Å². The Kier molecular flexibility index (Phi) is 4.07. The van der Waals surface area contributed by atoms with E-state index in [2.05, 4.69) is 5.32 Å². The van der Waals surface area contributed by atoms with Crippen molar-refractivity contribution in [2.45, 2.75) is 6.54 Å². The molecular formula is C13H10FN3O4. The third kappa shape index (κ3) is 3.50. The molecule has 108 valence electrons. The lowest BCUT2D eigenvalue weighted by Crippen LogP contribution is -2.04. The molecule has 0 aliphatic heterocycles. The summed E-state index contributed by atoms with van der Waals surface area (Å²) >= 11 is 0. The standard InChI is InChI=1S/C13H10FN3O4/c14-10-2-1-3-11(6-10)15-8-9-4-5-12(16(18)19)7-13(9)17(20)21/h1-7,15H,8H2. The number of hydrogen-bond acceptors (Lipinski definition) is 5. The maximum Gasteiger partial charge on any atom is 0.281 e. The van der Waals surface area contributed by atoms with Gasteiger partial charge in [0.15, 0.2) is 0 Å². The van der Waals surface area contributed by atoms with Gasteiger partial charge in [-0.25, -0.2) is 4.39 Å². The van der Waals surface area contributed by atoms with Gasteiger partial charge in [0.1, 0.15) is 5.82 Å². The minimum Gasteiger partial charge on any atom is -0.381 e. The van der Waals surface area contributed by atoms with Crippen LogP contribution in [0.25, 0.3) is 0 Å². The predicted molar refractivity (Wildman–Crippen MR) is 73.5 cm³/mol. The van der Waals surface area contributed by atoms with Gasteiger partial charge < -0.3 is 5.32 Å². The van der Waals surface area contributed by atoms with Gasteiger partial charge in [-0.1, -0.05) is 6.07 Å². The highest BCUT2D eigenvalue weighted by Gasteiger charge is 2.18. The topological polar surface area (TPSA) is 98.3 Å². The number of hydrogen-bond donors (Lipinski definition) is 1. The van der Waals surface area contributed by atoms with Crippen molar-refractivity contribution in [3.05, 3.63) is 74.1 Å². The van der Waals surface area contributed by atoms with Crippen molar-refractivity contribution >= 4 is 17.1 Å². The number of anilines is 1. The van der Waals surface area contributed by atoms with Gasteiger partial charge in [0.05, 0.1) is 15.9 Å². The van der Waals surface area contributed by atoms with Crippen molar-refractivity contribution < 1.29 is 14.2 Å². The van der Waals surface area contributed by atoms with Gasteiger partial charge >= 0.3 is 0 Å². The first-order valence-corrected chi connectivity index (χ1v) is 5.88. The van der Waals surface area contributed by atoms with Crippen LogP contribution >= 0.6 is 0 Å². The SMILES string of the molecule is O=[N+]([O-])c1ccc(CNc2cccc(F)c2)c([N+](=O)[O-])c1. The monoisotopic (exact) mass is 291 g/mol. The molecule has 0 aromatic heterocycles. The van der Waals surface area contributed by atoms with E-state index in [4.69, 9.17) is 0 Å². The molecule has 0 radical (unpaired) electrons. The molecule has 0 bridgehead atoms. The molecule has 2 aromatic rings. The van der Waals surface area contributed by atoms with Crippen LogP contribution in [0.5, 0.6) is 0 Å². The number of benzene rings is 2. The van der Waals surface area contributed by atoms with Crippen LogP contribution in [0.1, 0.15) is 5.56 Å². The van der Waals surface area contributed by atoms with Crippen LogP contribution in [0, 0.1) is 26.0 Å². The minimum atomic E-state index is -0.698.